The predicted octanol–water partition coefficient (Wildman–Crippen LogP) is -1.16. The topological polar surface area (TPSA) is 61.7 Å². The van der Waals surface area contributed by atoms with Gasteiger partial charge in [0.05, 0.1) is 25.4 Å². The number of ether oxygens (including phenoxy) is 1. The van der Waals surface area contributed by atoms with E-state index in [1.807, 2.05) is 0 Å². The molecule has 0 radical (unpaired) electrons. The molecule has 1 fully saturated rings. The summed E-state index contributed by atoms with van der Waals surface area (Å²) in [4.78, 5) is 0. The van der Waals surface area contributed by atoms with Crippen LogP contribution in [0.3, 0.4) is 0 Å². The molecule has 0 aromatic carbocycles. The summed E-state index contributed by atoms with van der Waals surface area (Å²) in [5, 5.41) is 20.7. The number of rotatable bonds is 3. The normalized spacial score (nSPS) is 28.7. The molecule has 4 nitrogen and oxygen atoms in total. The molecule has 1 rings (SSSR count). The van der Waals surface area contributed by atoms with Gasteiger partial charge in [0.25, 0.3) is 0 Å². The van der Waals surface area contributed by atoms with Gasteiger partial charge in [-0.25, -0.2) is 0 Å². The number of aliphatic hydroxyl groups excluding tert-OH is 2. The molecular formula is C7H13NO3. The average Bonchev–Trinajstić information content (AvgIpc) is 2.49. The molecule has 64 valence electrons. The lowest BCUT2D eigenvalue weighted by molar-refractivity contribution is 0.0846. The van der Waals surface area contributed by atoms with Crippen LogP contribution in [0.4, 0.5) is 0 Å². The van der Waals surface area contributed by atoms with Gasteiger partial charge < -0.3 is 14.9 Å². The standard InChI is InChI=1S/C7H13NO3/c1-2-6-8-7(3-9,4-10)5-11-6/h2,6,8-10H,1,3-5H2. The van der Waals surface area contributed by atoms with Gasteiger partial charge in [-0.2, -0.15) is 0 Å². The van der Waals surface area contributed by atoms with Gasteiger partial charge in [0.2, 0.25) is 0 Å². The number of hydrogen-bond donors (Lipinski definition) is 3. The van der Waals surface area contributed by atoms with Crippen LogP contribution in [0.5, 0.6) is 0 Å². The molecule has 1 atom stereocenters. The van der Waals surface area contributed by atoms with Crippen molar-refractivity contribution in [1.82, 2.24) is 5.32 Å². The Morgan fingerprint density at radius 2 is 2.27 bits per heavy atom. The summed E-state index contributed by atoms with van der Waals surface area (Å²) in [5.74, 6) is 0. The Labute approximate surface area is 65.5 Å². The molecule has 0 saturated carbocycles. The van der Waals surface area contributed by atoms with Crippen molar-refractivity contribution in [2.75, 3.05) is 19.8 Å². The van der Waals surface area contributed by atoms with Crippen molar-refractivity contribution in [3.05, 3.63) is 12.7 Å². The third-order valence-electron chi connectivity index (χ3n) is 1.81. The molecule has 4 heteroatoms. The minimum atomic E-state index is -0.682. The number of hydrogen-bond acceptors (Lipinski definition) is 4. The van der Waals surface area contributed by atoms with Gasteiger partial charge in [0.15, 0.2) is 0 Å². The minimum absolute atomic E-state index is 0.131. The van der Waals surface area contributed by atoms with E-state index in [1.54, 1.807) is 6.08 Å². The maximum atomic E-state index is 8.89. The molecule has 0 amide bonds. The first-order valence-electron chi connectivity index (χ1n) is 3.50. The predicted molar refractivity (Wildman–Crippen MR) is 40.0 cm³/mol. The molecule has 1 aliphatic heterocycles. The maximum absolute atomic E-state index is 8.89. The van der Waals surface area contributed by atoms with Crippen LogP contribution in [-0.2, 0) is 4.74 Å². The molecule has 11 heavy (non-hydrogen) atoms. The van der Waals surface area contributed by atoms with Crippen LogP contribution in [0.15, 0.2) is 12.7 Å². The van der Waals surface area contributed by atoms with Gasteiger partial charge in [-0.1, -0.05) is 6.58 Å². The SMILES string of the molecule is C=CC1NC(CO)(CO)CO1. The zero-order valence-corrected chi connectivity index (χ0v) is 6.29. The van der Waals surface area contributed by atoms with Crippen LogP contribution in [0.2, 0.25) is 0 Å². The van der Waals surface area contributed by atoms with Crippen molar-refractivity contribution >= 4 is 0 Å². The average molecular weight is 159 g/mol. The maximum Gasteiger partial charge on any atom is 0.127 e. The smallest absolute Gasteiger partial charge is 0.127 e. The fourth-order valence-corrected chi connectivity index (χ4v) is 0.994. The molecule has 0 aliphatic carbocycles. The monoisotopic (exact) mass is 159 g/mol. The molecule has 0 spiro atoms. The van der Waals surface area contributed by atoms with Crippen molar-refractivity contribution in [2.45, 2.75) is 11.8 Å². The molecule has 0 bridgehead atoms. The molecule has 0 aromatic heterocycles. The van der Waals surface area contributed by atoms with E-state index in [0.29, 0.717) is 6.61 Å². The quantitative estimate of drug-likeness (QED) is 0.455. The Morgan fingerprint density at radius 1 is 1.64 bits per heavy atom. The minimum Gasteiger partial charge on any atom is -0.394 e. The second kappa shape index (κ2) is 3.32. The molecular weight excluding hydrogens is 146 g/mol. The van der Waals surface area contributed by atoms with E-state index in [0.717, 1.165) is 0 Å². The molecule has 1 unspecified atom stereocenters. The summed E-state index contributed by atoms with van der Waals surface area (Å²) < 4.78 is 5.15. The third-order valence-corrected chi connectivity index (χ3v) is 1.81. The largest absolute Gasteiger partial charge is 0.394 e. The highest BCUT2D eigenvalue weighted by atomic mass is 16.5. The van der Waals surface area contributed by atoms with Crippen LogP contribution < -0.4 is 5.32 Å². The van der Waals surface area contributed by atoms with E-state index in [1.165, 1.54) is 0 Å². The summed E-state index contributed by atoms with van der Waals surface area (Å²) in [5.41, 5.74) is -0.682. The number of aliphatic hydroxyl groups is 2. The van der Waals surface area contributed by atoms with E-state index in [9.17, 15) is 0 Å². The molecule has 1 aliphatic rings. The van der Waals surface area contributed by atoms with Crippen LogP contribution in [0.25, 0.3) is 0 Å². The van der Waals surface area contributed by atoms with Crippen molar-refractivity contribution < 1.29 is 14.9 Å². The Morgan fingerprint density at radius 3 is 2.55 bits per heavy atom. The van der Waals surface area contributed by atoms with Crippen LogP contribution >= 0.6 is 0 Å². The van der Waals surface area contributed by atoms with E-state index >= 15 is 0 Å². The number of nitrogens with one attached hydrogen (secondary N) is 1. The molecule has 1 saturated heterocycles. The first-order chi connectivity index (χ1) is 5.26. The zero-order chi connectivity index (χ0) is 8.32. The van der Waals surface area contributed by atoms with Gasteiger partial charge in [-0.3, -0.25) is 5.32 Å². The van der Waals surface area contributed by atoms with Crippen molar-refractivity contribution in [3.8, 4) is 0 Å². The first kappa shape index (κ1) is 8.67. The van der Waals surface area contributed by atoms with Crippen molar-refractivity contribution in [2.24, 2.45) is 0 Å². The summed E-state index contributed by atoms with van der Waals surface area (Å²) >= 11 is 0. The second-order valence-corrected chi connectivity index (χ2v) is 2.71. The Bertz CT molecular complexity index is 145. The third kappa shape index (κ3) is 1.59. The highest BCUT2D eigenvalue weighted by Gasteiger charge is 2.37. The van der Waals surface area contributed by atoms with E-state index in [2.05, 4.69) is 11.9 Å². The molecule has 3 N–H and O–H groups in total. The summed E-state index contributed by atoms with van der Waals surface area (Å²) in [6.07, 6.45) is 1.34. The highest BCUT2D eigenvalue weighted by Crippen LogP contribution is 2.14. The van der Waals surface area contributed by atoms with Crippen molar-refractivity contribution in [1.29, 1.82) is 0 Å². The van der Waals surface area contributed by atoms with Gasteiger partial charge >= 0.3 is 0 Å². The van der Waals surface area contributed by atoms with Crippen LogP contribution in [-0.4, -0.2) is 41.8 Å². The van der Waals surface area contributed by atoms with Gasteiger partial charge in [-0.05, 0) is 6.08 Å². The molecule has 0 aromatic rings. The van der Waals surface area contributed by atoms with E-state index in [4.69, 9.17) is 14.9 Å². The fraction of sp³-hybridized carbons (Fsp3) is 0.714. The second-order valence-electron chi connectivity index (χ2n) is 2.71. The first-order valence-corrected chi connectivity index (χ1v) is 3.50. The van der Waals surface area contributed by atoms with Gasteiger partial charge in [-0.15, -0.1) is 0 Å². The van der Waals surface area contributed by atoms with Crippen LogP contribution in [0.1, 0.15) is 0 Å². The van der Waals surface area contributed by atoms with Crippen molar-refractivity contribution in [3.63, 3.8) is 0 Å². The van der Waals surface area contributed by atoms with E-state index in [-0.39, 0.29) is 19.4 Å². The van der Waals surface area contributed by atoms with Gasteiger partial charge in [0, 0.05) is 0 Å². The van der Waals surface area contributed by atoms with E-state index < -0.39 is 5.54 Å². The highest BCUT2D eigenvalue weighted by molar-refractivity contribution is 4.97. The lowest BCUT2D eigenvalue weighted by Gasteiger charge is -2.22. The summed E-state index contributed by atoms with van der Waals surface area (Å²) in [6, 6.07) is 0. The summed E-state index contributed by atoms with van der Waals surface area (Å²) in [7, 11) is 0. The fourth-order valence-electron chi connectivity index (χ4n) is 0.994. The Balaban J connectivity index is 2.54. The van der Waals surface area contributed by atoms with Gasteiger partial charge in [0.1, 0.15) is 6.23 Å². The Kier molecular flexibility index (Phi) is 2.62. The van der Waals surface area contributed by atoms with Crippen LogP contribution in [0, 0.1) is 0 Å². The summed E-state index contributed by atoms with van der Waals surface area (Å²) in [6.45, 7) is 3.58. The molecule has 1 heterocycles. The lowest BCUT2D eigenvalue weighted by Crippen LogP contribution is -2.51. The Hall–Kier alpha value is -0.420. The zero-order valence-electron chi connectivity index (χ0n) is 6.29. The lowest BCUT2D eigenvalue weighted by atomic mass is 10.1.